The summed E-state index contributed by atoms with van der Waals surface area (Å²) in [4.78, 5) is 8.74. The first-order chi connectivity index (χ1) is 14.3. The van der Waals surface area contributed by atoms with Crippen molar-refractivity contribution in [2.45, 2.75) is 44.1 Å². The quantitative estimate of drug-likeness (QED) is 0.685. The van der Waals surface area contributed by atoms with Gasteiger partial charge in [-0.25, -0.2) is 4.98 Å². The van der Waals surface area contributed by atoms with Crippen LogP contribution in [0.15, 0.2) is 30.6 Å². The lowest BCUT2D eigenvalue weighted by Gasteiger charge is -2.38. The number of benzene rings is 1. The molecule has 1 aliphatic carbocycles. The minimum absolute atomic E-state index is 0.0385. The molecule has 2 aliphatic rings. The van der Waals surface area contributed by atoms with Crippen molar-refractivity contribution in [3.8, 4) is 11.5 Å². The van der Waals surface area contributed by atoms with Gasteiger partial charge in [-0.2, -0.15) is 14.6 Å². The average Bonchev–Trinajstić information content (AvgIpc) is 3.41. The molecule has 1 aromatic carbocycles. The molecule has 1 fully saturated rings. The number of ether oxygens (including phenoxy) is 3. The number of rotatable bonds is 6. The van der Waals surface area contributed by atoms with Crippen molar-refractivity contribution < 1.29 is 14.2 Å². The van der Waals surface area contributed by atoms with Crippen LogP contribution in [0, 0.1) is 0 Å². The summed E-state index contributed by atoms with van der Waals surface area (Å²) in [6.07, 6.45) is 7.53. The molecule has 0 bridgehead atoms. The van der Waals surface area contributed by atoms with Gasteiger partial charge in [0, 0.05) is 25.1 Å². The number of fused-ring (bicyclic) bond motifs is 2. The number of nitrogens with one attached hydrogen (secondary N) is 1. The lowest BCUT2D eigenvalue weighted by Crippen LogP contribution is -2.37. The van der Waals surface area contributed by atoms with Crippen molar-refractivity contribution in [2.75, 3.05) is 25.8 Å². The van der Waals surface area contributed by atoms with E-state index in [0.717, 1.165) is 42.4 Å². The maximum atomic E-state index is 5.64. The van der Waals surface area contributed by atoms with Crippen LogP contribution in [0.4, 0.5) is 5.82 Å². The van der Waals surface area contributed by atoms with Gasteiger partial charge >= 0.3 is 0 Å². The third-order valence-electron chi connectivity index (χ3n) is 6.00. The van der Waals surface area contributed by atoms with Crippen LogP contribution in [0.3, 0.4) is 0 Å². The predicted molar refractivity (Wildman–Crippen MR) is 107 cm³/mol. The Hall–Kier alpha value is -2.87. The highest BCUT2D eigenvalue weighted by Crippen LogP contribution is 2.43. The molecule has 0 unspecified atom stereocenters. The van der Waals surface area contributed by atoms with Crippen molar-refractivity contribution >= 4 is 11.6 Å². The van der Waals surface area contributed by atoms with Crippen LogP contribution >= 0.6 is 0 Å². The fourth-order valence-electron chi connectivity index (χ4n) is 4.49. The molecular formula is C21H25N5O3. The van der Waals surface area contributed by atoms with Gasteiger partial charge in [-0.15, -0.1) is 0 Å². The molecule has 29 heavy (non-hydrogen) atoms. The van der Waals surface area contributed by atoms with E-state index in [2.05, 4.69) is 32.5 Å². The molecule has 1 N–H and O–H groups in total. The van der Waals surface area contributed by atoms with Crippen molar-refractivity contribution in [3.05, 3.63) is 41.9 Å². The molecule has 1 aliphatic heterocycles. The molecule has 0 saturated heterocycles. The van der Waals surface area contributed by atoms with Gasteiger partial charge < -0.3 is 19.5 Å². The van der Waals surface area contributed by atoms with Gasteiger partial charge in [0.2, 0.25) is 6.79 Å². The Morgan fingerprint density at radius 2 is 2.00 bits per heavy atom. The number of anilines is 1. The zero-order chi connectivity index (χ0) is 19.7. The summed E-state index contributed by atoms with van der Waals surface area (Å²) >= 11 is 0. The summed E-state index contributed by atoms with van der Waals surface area (Å²) in [5, 5.41) is 7.97. The third-order valence-corrected chi connectivity index (χ3v) is 6.00. The molecular weight excluding hydrogens is 370 g/mol. The van der Waals surface area contributed by atoms with Crippen molar-refractivity contribution in [1.29, 1.82) is 0 Å². The topological polar surface area (TPSA) is 82.8 Å². The summed E-state index contributed by atoms with van der Waals surface area (Å²) in [5.41, 5.74) is 2.17. The van der Waals surface area contributed by atoms with Crippen LogP contribution in [-0.2, 0) is 16.8 Å². The molecule has 5 rings (SSSR count). The van der Waals surface area contributed by atoms with Crippen LogP contribution in [0.25, 0.3) is 5.78 Å². The minimum Gasteiger partial charge on any atom is -0.454 e. The number of nitrogens with zero attached hydrogens (tertiary/aromatic N) is 4. The highest BCUT2D eigenvalue weighted by molar-refractivity contribution is 5.49. The first-order valence-corrected chi connectivity index (χ1v) is 10.1. The minimum atomic E-state index is 0.0385. The molecule has 8 heteroatoms. The van der Waals surface area contributed by atoms with Crippen LogP contribution < -0.4 is 14.8 Å². The normalized spacial score (nSPS) is 17.6. The van der Waals surface area contributed by atoms with Crippen molar-refractivity contribution in [3.63, 3.8) is 0 Å². The number of hydrogen-bond acceptors (Lipinski definition) is 7. The largest absolute Gasteiger partial charge is 0.454 e. The maximum Gasteiger partial charge on any atom is 0.254 e. The molecule has 0 amide bonds. The molecule has 152 valence electrons. The summed E-state index contributed by atoms with van der Waals surface area (Å²) in [7, 11) is 1.67. The Labute approximate surface area is 169 Å². The number of methoxy groups -OCH3 is 1. The summed E-state index contributed by atoms with van der Waals surface area (Å²) in [6, 6.07) is 8.37. The van der Waals surface area contributed by atoms with E-state index in [9.17, 15) is 0 Å². The molecule has 0 radical (unpaired) electrons. The van der Waals surface area contributed by atoms with Gasteiger partial charge in [0.05, 0.1) is 12.3 Å². The number of hydrogen-bond donors (Lipinski definition) is 1. The van der Waals surface area contributed by atoms with E-state index in [1.165, 1.54) is 31.2 Å². The van der Waals surface area contributed by atoms with Gasteiger partial charge in [-0.1, -0.05) is 25.3 Å². The van der Waals surface area contributed by atoms with E-state index in [4.69, 9.17) is 14.2 Å². The second-order valence-electron chi connectivity index (χ2n) is 7.80. The van der Waals surface area contributed by atoms with E-state index >= 15 is 0 Å². The number of aromatic nitrogens is 4. The zero-order valence-corrected chi connectivity index (χ0v) is 16.6. The first-order valence-electron chi connectivity index (χ1n) is 10.1. The Morgan fingerprint density at radius 3 is 2.86 bits per heavy atom. The molecule has 0 atom stereocenters. The summed E-state index contributed by atoms with van der Waals surface area (Å²) in [6.45, 7) is 1.54. The lowest BCUT2D eigenvalue weighted by atomic mass is 9.69. The van der Waals surface area contributed by atoms with E-state index in [1.54, 1.807) is 11.6 Å². The Morgan fingerprint density at radius 1 is 1.14 bits per heavy atom. The smallest absolute Gasteiger partial charge is 0.254 e. The second-order valence-corrected chi connectivity index (χ2v) is 7.80. The molecule has 3 aromatic rings. The van der Waals surface area contributed by atoms with E-state index < -0.39 is 0 Å². The third kappa shape index (κ3) is 3.37. The van der Waals surface area contributed by atoms with Crippen LogP contribution in [0.5, 0.6) is 11.5 Å². The summed E-state index contributed by atoms with van der Waals surface area (Å²) in [5.74, 6) is 3.13. The highest BCUT2D eigenvalue weighted by Gasteiger charge is 2.35. The predicted octanol–water partition coefficient (Wildman–Crippen LogP) is 3.31. The second kappa shape index (κ2) is 7.51. The maximum absolute atomic E-state index is 5.64. The van der Waals surface area contributed by atoms with E-state index in [0.29, 0.717) is 19.2 Å². The first kappa shape index (κ1) is 18.2. The van der Waals surface area contributed by atoms with Crippen LogP contribution in [0.1, 0.15) is 43.4 Å². The fraction of sp³-hybridized carbons (Fsp3) is 0.476. The Kier molecular flexibility index (Phi) is 4.71. The van der Waals surface area contributed by atoms with Crippen molar-refractivity contribution in [1.82, 2.24) is 19.6 Å². The van der Waals surface area contributed by atoms with Gasteiger partial charge in [0.25, 0.3) is 5.78 Å². The standard InChI is InChI=1S/C21H25N5O3/c1-27-11-16-10-19(26-20(25-16)23-13-24-26)22-12-21(7-3-2-4-8-21)15-5-6-17-18(9-15)29-14-28-17/h5-6,9-10,13,22H,2-4,7-8,11-12,14H2,1H3. The van der Waals surface area contributed by atoms with E-state index in [-0.39, 0.29) is 5.41 Å². The molecule has 8 nitrogen and oxygen atoms in total. The van der Waals surface area contributed by atoms with Crippen LogP contribution in [-0.4, -0.2) is 40.0 Å². The Balaban J connectivity index is 1.46. The molecule has 1 saturated carbocycles. The Bertz CT molecular complexity index is 1010. The average molecular weight is 395 g/mol. The summed E-state index contributed by atoms with van der Waals surface area (Å²) < 4.78 is 18.2. The van der Waals surface area contributed by atoms with Gasteiger partial charge in [0.15, 0.2) is 11.5 Å². The fourth-order valence-corrected chi connectivity index (χ4v) is 4.49. The van der Waals surface area contributed by atoms with Crippen LogP contribution in [0.2, 0.25) is 0 Å². The molecule has 2 aromatic heterocycles. The molecule has 0 spiro atoms. The van der Waals surface area contributed by atoms with Gasteiger partial charge in [0.1, 0.15) is 12.1 Å². The monoisotopic (exact) mass is 395 g/mol. The van der Waals surface area contributed by atoms with Gasteiger partial charge in [-0.05, 0) is 30.5 Å². The highest BCUT2D eigenvalue weighted by atomic mass is 16.7. The van der Waals surface area contributed by atoms with Crippen molar-refractivity contribution in [2.24, 2.45) is 0 Å². The lowest BCUT2D eigenvalue weighted by molar-refractivity contribution is 0.174. The zero-order valence-electron chi connectivity index (χ0n) is 16.6. The van der Waals surface area contributed by atoms with E-state index in [1.807, 2.05) is 12.1 Å². The SMILES string of the molecule is COCc1cc(NCC2(c3ccc4c(c3)OCO4)CCCCC2)n2ncnc2n1. The molecule has 3 heterocycles. The van der Waals surface area contributed by atoms with Gasteiger partial charge in [-0.3, -0.25) is 0 Å².